The van der Waals surface area contributed by atoms with Gasteiger partial charge in [-0.2, -0.15) is 0 Å². The first-order valence-electron chi connectivity index (χ1n) is 7.88. The van der Waals surface area contributed by atoms with Crippen LogP contribution >= 0.6 is 12.2 Å². The van der Waals surface area contributed by atoms with Crippen LogP contribution in [0.3, 0.4) is 0 Å². The van der Waals surface area contributed by atoms with E-state index >= 15 is 0 Å². The summed E-state index contributed by atoms with van der Waals surface area (Å²) in [6, 6.07) is 17.0. The molecule has 3 heteroatoms. The molecule has 0 spiro atoms. The fraction of sp³-hybridized carbons (Fsp3) is 0.316. The van der Waals surface area contributed by atoms with Crippen LogP contribution in [0, 0.1) is 0 Å². The standard InChI is InChI=1S/C19H24N2S/c1-4-15-12-9-13-16(5-2)18(15)21-19(22)20-14(3)17-10-7-6-8-11-17/h6-14H,4-5H2,1-3H3,(H2,20,21,22)/t14-/m0/s1. The zero-order valence-electron chi connectivity index (χ0n) is 13.5. The van der Waals surface area contributed by atoms with Crippen LogP contribution in [0.1, 0.15) is 43.5 Å². The average Bonchev–Trinajstić information content (AvgIpc) is 2.55. The van der Waals surface area contributed by atoms with Crippen molar-refractivity contribution >= 4 is 23.0 Å². The summed E-state index contributed by atoms with van der Waals surface area (Å²) in [7, 11) is 0. The third kappa shape index (κ3) is 4.08. The lowest BCUT2D eigenvalue weighted by Crippen LogP contribution is -2.31. The molecule has 116 valence electrons. The van der Waals surface area contributed by atoms with Crippen molar-refractivity contribution in [3.8, 4) is 0 Å². The molecule has 2 rings (SSSR count). The molecule has 0 aliphatic carbocycles. The molecule has 0 saturated carbocycles. The van der Waals surface area contributed by atoms with E-state index in [0.717, 1.165) is 18.5 Å². The van der Waals surface area contributed by atoms with Crippen LogP contribution in [0.2, 0.25) is 0 Å². The zero-order valence-corrected chi connectivity index (χ0v) is 14.3. The Bertz CT molecular complexity index is 600. The number of thiocarbonyl (C=S) groups is 1. The number of aryl methyl sites for hydroxylation is 2. The average molecular weight is 312 g/mol. The summed E-state index contributed by atoms with van der Waals surface area (Å²) < 4.78 is 0. The summed E-state index contributed by atoms with van der Waals surface area (Å²) in [5, 5.41) is 7.44. The van der Waals surface area contributed by atoms with Gasteiger partial charge >= 0.3 is 0 Å². The Morgan fingerprint density at radius 3 is 2.09 bits per heavy atom. The van der Waals surface area contributed by atoms with Crippen molar-refractivity contribution in [2.75, 3.05) is 5.32 Å². The number of benzene rings is 2. The van der Waals surface area contributed by atoms with Gasteiger partial charge in [0.15, 0.2) is 5.11 Å². The summed E-state index contributed by atoms with van der Waals surface area (Å²) in [6.07, 6.45) is 1.99. The van der Waals surface area contributed by atoms with E-state index in [4.69, 9.17) is 12.2 Å². The summed E-state index contributed by atoms with van der Waals surface area (Å²) in [6.45, 7) is 6.46. The second-order valence-corrected chi connectivity index (χ2v) is 5.80. The Labute approximate surface area is 139 Å². The van der Waals surface area contributed by atoms with Crippen molar-refractivity contribution in [2.45, 2.75) is 39.7 Å². The molecule has 1 atom stereocenters. The third-order valence-electron chi connectivity index (χ3n) is 3.88. The molecule has 0 bridgehead atoms. The molecule has 2 aromatic rings. The normalized spacial score (nSPS) is 11.8. The third-order valence-corrected chi connectivity index (χ3v) is 4.10. The van der Waals surface area contributed by atoms with E-state index in [1.54, 1.807) is 0 Å². The van der Waals surface area contributed by atoms with Gasteiger partial charge in [0.25, 0.3) is 0 Å². The Morgan fingerprint density at radius 1 is 0.955 bits per heavy atom. The van der Waals surface area contributed by atoms with E-state index < -0.39 is 0 Å². The SMILES string of the molecule is CCc1cccc(CC)c1NC(=S)N[C@@H](C)c1ccccc1. The maximum Gasteiger partial charge on any atom is 0.171 e. The lowest BCUT2D eigenvalue weighted by molar-refractivity contribution is 0.722. The highest BCUT2D eigenvalue weighted by Gasteiger charge is 2.10. The molecule has 0 fully saturated rings. The molecule has 2 aromatic carbocycles. The van der Waals surface area contributed by atoms with Gasteiger partial charge in [-0.1, -0.05) is 62.4 Å². The maximum absolute atomic E-state index is 5.51. The minimum Gasteiger partial charge on any atom is -0.356 e. The van der Waals surface area contributed by atoms with Crippen LogP contribution in [0.5, 0.6) is 0 Å². The fourth-order valence-electron chi connectivity index (χ4n) is 2.57. The van der Waals surface area contributed by atoms with Crippen LogP contribution in [0.25, 0.3) is 0 Å². The molecular formula is C19H24N2S. The van der Waals surface area contributed by atoms with E-state index in [-0.39, 0.29) is 6.04 Å². The topological polar surface area (TPSA) is 24.1 Å². The highest BCUT2D eigenvalue weighted by Crippen LogP contribution is 2.23. The number of anilines is 1. The lowest BCUT2D eigenvalue weighted by Gasteiger charge is -2.20. The van der Waals surface area contributed by atoms with Gasteiger partial charge in [0.05, 0.1) is 6.04 Å². The lowest BCUT2D eigenvalue weighted by atomic mass is 10.0. The summed E-state index contributed by atoms with van der Waals surface area (Å²) in [5.74, 6) is 0. The van der Waals surface area contributed by atoms with E-state index in [9.17, 15) is 0 Å². The summed E-state index contributed by atoms with van der Waals surface area (Å²) in [4.78, 5) is 0. The van der Waals surface area contributed by atoms with Crippen LogP contribution in [-0.4, -0.2) is 5.11 Å². The van der Waals surface area contributed by atoms with Gasteiger partial charge in [0, 0.05) is 5.69 Å². The van der Waals surface area contributed by atoms with Crippen molar-refractivity contribution in [1.82, 2.24) is 5.32 Å². The maximum atomic E-state index is 5.51. The Kier molecular flexibility index (Phi) is 5.96. The highest BCUT2D eigenvalue weighted by atomic mass is 32.1. The molecule has 2 N–H and O–H groups in total. The van der Waals surface area contributed by atoms with Crippen molar-refractivity contribution in [3.05, 3.63) is 65.2 Å². The largest absolute Gasteiger partial charge is 0.356 e. The van der Waals surface area contributed by atoms with Gasteiger partial charge in [-0.15, -0.1) is 0 Å². The van der Waals surface area contributed by atoms with Gasteiger partial charge < -0.3 is 10.6 Å². The van der Waals surface area contributed by atoms with E-state index in [2.05, 4.69) is 61.7 Å². The highest BCUT2D eigenvalue weighted by molar-refractivity contribution is 7.80. The van der Waals surface area contributed by atoms with Crippen molar-refractivity contribution in [3.63, 3.8) is 0 Å². The van der Waals surface area contributed by atoms with Crippen LogP contribution in [0.15, 0.2) is 48.5 Å². The van der Waals surface area contributed by atoms with Crippen LogP contribution < -0.4 is 10.6 Å². The first-order chi connectivity index (χ1) is 10.7. The monoisotopic (exact) mass is 312 g/mol. The first kappa shape index (κ1) is 16.5. The molecule has 0 aliphatic heterocycles. The van der Waals surface area contributed by atoms with Crippen LogP contribution in [-0.2, 0) is 12.8 Å². The predicted molar refractivity (Wildman–Crippen MR) is 99.4 cm³/mol. The first-order valence-corrected chi connectivity index (χ1v) is 8.29. The van der Waals surface area contributed by atoms with E-state index in [0.29, 0.717) is 5.11 Å². The second kappa shape index (κ2) is 7.95. The van der Waals surface area contributed by atoms with Gasteiger partial charge in [-0.05, 0) is 48.7 Å². The molecule has 2 nitrogen and oxygen atoms in total. The molecular weight excluding hydrogens is 288 g/mol. The van der Waals surface area contributed by atoms with Gasteiger partial charge in [-0.25, -0.2) is 0 Å². The van der Waals surface area contributed by atoms with Gasteiger partial charge in [0.2, 0.25) is 0 Å². The second-order valence-electron chi connectivity index (χ2n) is 5.39. The van der Waals surface area contributed by atoms with Gasteiger partial charge in [0.1, 0.15) is 0 Å². The smallest absolute Gasteiger partial charge is 0.171 e. The van der Waals surface area contributed by atoms with Crippen molar-refractivity contribution < 1.29 is 0 Å². The number of hydrogen-bond donors (Lipinski definition) is 2. The van der Waals surface area contributed by atoms with E-state index in [1.807, 2.05) is 18.2 Å². The minimum atomic E-state index is 0.181. The summed E-state index contributed by atoms with van der Waals surface area (Å²) >= 11 is 5.51. The molecule has 0 saturated heterocycles. The number of para-hydroxylation sites is 1. The van der Waals surface area contributed by atoms with Crippen molar-refractivity contribution in [2.24, 2.45) is 0 Å². The number of nitrogens with one attached hydrogen (secondary N) is 2. The predicted octanol–water partition coefficient (Wildman–Crippen LogP) is 4.86. The van der Waals surface area contributed by atoms with E-state index in [1.165, 1.54) is 16.7 Å². The van der Waals surface area contributed by atoms with Gasteiger partial charge in [-0.3, -0.25) is 0 Å². The minimum absolute atomic E-state index is 0.181. The molecule has 0 unspecified atom stereocenters. The molecule has 0 radical (unpaired) electrons. The number of rotatable bonds is 5. The Hall–Kier alpha value is -1.87. The zero-order chi connectivity index (χ0) is 15.9. The summed E-state index contributed by atoms with van der Waals surface area (Å²) in [5.41, 5.74) is 4.99. The number of hydrogen-bond acceptors (Lipinski definition) is 1. The molecule has 0 amide bonds. The quantitative estimate of drug-likeness (QED) is 0.771. The Morgan fingerprint density at radius 2 is 1.55 bits per heavy atom. The molecule has 0 aromatic heterocycles. The molecule has 0 aliphatic rings. The fourth-order valence-corrected chi connectivity index (χ4v) is 2.85. The molecule has 0 heterocycles. The molecule has 22 heavy (non-hydrogen) atoms. The van der Waals surface area contributed by atoms with Crippen molar-refractivity contribution in [1.29, 1.82) is 0 Å². The van der Waals surface area contributed by atoms with Crippen LogP contribution in [0.4, 0.5) is 5.69 Å². The Balaban J connectivity index is 2.09.